The van der Waals surface area contributed by atoms with E-state index >= 15 is 0 Å². The van der Waals surface area contributed by atoms with E-state index < -0.39 is 11.9 Å². The lowest BCUT2D eigenvalue weighted by atomic mass is 10.2. The highest BCUT2D eigenvalue weighted by molar-refractivity contribution is 5.46. The molecule has 0 N–H and O–H groups in total. The van der Waals surface area contributed by atoms with Gasteiger partial charge in [0.05, 0.1) is 0 Å². The Kier molecular flexibility index (Phi) is 5.31. The zero-order valence-corrected chi connectivity index (χ0v) is 14.9. The molecule has 2 heterocycles. The van der Waals surface area contributed by atoms with Crippen LogP contribution in [0.5, 0.6) is 0 Å². The van der Waals surface area contributed by atoms with Gasteiger partial charge in [0.2, 0.25) is 5.95 Å². The Labute approximate surface area is 151 Å². The molecule has 0 radical (unpaired) electrons. The summed E-state index contributed by atoms with van der Waals surface area (Å²) in [5.41, 5.74) is 0.323. The molecular formula is C18H22F3N5. The summed E-state index contributed by atoms with van der Waals surface area (Å²) in [5, 5.41) is 0. The molecule has 1 fully saturated rings. The van der Waals surface area contributed by atoms with Crippen molar-refractivity contribution in [3.63, 3.8) is 0 Å². The van der Waals surface area contributed by atoms with E-state index in [4.69, 9.17) is 0 Å². The number of piperazine rings is 1. The highest BCUT2D eigenvalue weighted by atomic mass is 19.4. The normalized spacial score (nSPS) is 16.0. The summed E-state index contributed by atoms with van der Waals surface area (Å²) in [6.07, 6.45) is -4.49. The maximum absolute atomic E-state index is 13.1. The first-order valence-electron chi connectivity index (χ1n) is 8.48. The Morgan fingerprint density at radius 1 is 1.00 bits per heavy atom. The molecule has 3 rings (SSSR count). The third-order valence-electron chi connectivity index (χ3n) is 4.35. The second-order valence-electron chi connectivity index (χ2n) is 6.55. The third-order valence-corrected chi connectivity index (χ3v) is 4.35. The van der Waals surface area contributed by atoms with Crippen LogP contribution in [0.15, 0.2) is 36.4 Å². The number of aromatic nitrogens is 2. The molecule has 0 unspecified atom stereocenters. The van der Waals surface area contributed by atoms with E-state index in [1.807, 2.05) is 23.1 Å². The summed E-state index contributed by atoms with van der Waals surface area (Å²) >= 11 is 0. The standard InChI is InChI=1S/C18H22F3N5/c1-24(2)16-12-15(18(19,20)21)22-17(23-16)26-10-8-25(9-11-26)13-14-6-4-3-5-7-14/h3-7,12H,8-11,13H2,1-2H3. The molecule has 1 aromatic heterocycles. The molecule has 1 aliphatic rings. The van der Waals surface area contributed by atoms with Crippen molar-refractivity contribution in [2.24, 2.45) is 0 Å². The van der Waals surface area contributed by atoms with Crippen LogP contribution in [0.25, 0.3) is 0 Å². The minimum Gasteiger partial charge on any atom is -0.363 e. The van der Waals surface area contributed by atoms with Gasteiger partial charge >= 0.3 is 6.18 Å². The van der Waals surface area contributed by atoms with Crippen LogP contribution in [-0.2, 0) is 12.7 Å². The highest BCUT2D eigenvalue weighted by Gasteiger charge is 2.34. The number of halogens is 3. The predicted octanol–water partition coefficient (Wildman–Crippen LogP) is 2.88. The number of benzene rings is 1. The molecule has 2 aromatic rings. The Morgan fingerprint density at radius 2 is 1.65 bits per heavy atom. The molecule has 0 atom stereocenters. The summed E-state index contributed by atoms with van der Waals surface area (Å²) in [6, 6.07) is 11.1. The van der Waals surface area contributed by atoms with Crippen LogP contribution in [0.2, 0.25) is 0 Å². The zero-order valence-electron chi connectivity index (χ0n) is 14.9. The van der Waals surface area contributed by atoms with Gasteiger partial charge in [-0.15, -0.1) is 0 Å². The van der Waals surface area contributed by atoms with Gasteiger partial charge < -0.3 is 9.80 Å². The van der Waals surface area contributed by atoms with Crippen molar-refractivity contribution in [2.75, 3.05) is 50.1 Å². The molecule has 0 saturated carbocycles. The van der Waals surface area contributed by atoms with Crippen molar-refractivity contribution in [3.05, 3.63) is 47.7 Å². The second-order valence-corrected chi connectivity index (χ2v) is 6.55. The fourth-order valence-electron chi connectivity index (χ4n) is 2.89. The minimum atomic E-state index is -4.49. The molecular weight excluding hydrogens is 343 g/mol. The van der Waals surface area contributed by atoms with Crippen molar-refractivity contribution >= 4 is 11.8 Å². The van der Waals surface area contributed by atoms with E-state index in [1.165, 1.54) is 5.56 Å². The lowest BCUT2D eigenvalue weighted by molar-refractivity contribution is -0.141. The Hall–Kier alpha value is -2.35. The van der Waals surface area contributed by atoms with E-state index in [9.17, 15) is 13.2 Å². The highest BCUT2D eigenvalue weighted by Crippen LogP contribution is 2.31. The molecule has 1 aromatic carbocycles. The quantitative estimate of drug-likeness (QED) is 0.833. The summed E-state index contributed by atoms with van der Waals surface area (Å²) in [5.74, 6) is 0.400. The second kappa shape index (κ2) is 7.49. The Morgan fingerprint density at radius 3 is 2.23 bits per heavy atom. The van der Waals surface area contributed by atoms with Crippen LogP contribution in [-0.4, -0.2) is 55.1 Å². The molecule has 1 aliphatic heterocycles. The summed E-state index contributed by atoms with van der Waals surface area (Å²) in [6.45, 7) is 3.54. The number of nitrogens with zero attached hydrogens (tertiary/aromatic N) is 5. The molecule has 1 saturated heterocycles. The molecule has 5 nitrogen and oxygen atoms in total. The van der Waals surface area contributed by atoms with Gasteiger partial charge in [-0.25, -0.2) is 4.98 Å². The van der Waals surface area contributed by atoms with Crippen molar-refractivity contribution in [1.29, 1.82) is 0 Å². The van der Waals surface area contributed by atoms with Crippen LogP contribution in [0.1, 0.15) is 11.3 Å². The first-order chi connectivity index (χ1) is 12.3. The molecule has 0 aliphatic carbocycles. The molecule has 8 heteroatoms. The summed E-state index contributed by atoms with van der Waals surface area (Å²) in [4.78, 5) is 13.7. The first kappa shape index (κ1) is 18.4. The van der Waals surface area contributed by atoms with Crippen molar-refractivity contribution in [3.8, 4) is 0 Å². The first-order valence-corrected chi connectivity index (χ1v) is 8.48. The third kappa shape index (κ3) is 4.43. The van der Waals surface area contributed by atoms with Gasteiger partial charge in [-0.1, -0.05) is 30.3 Å². The number of hydrogen-bond donors (Lipinski definition) is 0. The van der Waals surface area contributed by atoms with Crippen LogP contribution in [0.4, 0.5) is 24.9 Å². The maximum atomic E-state index is 13.1. The van der Waals surface area contributed by atoms with Crippen LogP contribution in [0, 0.1) is 0 Å². The van der Waals surface area contributed by atoms with Gasteiger partial charge in [-0.05, 0) is 5.56 Å². The van der Waals surface area contributed by atoms with Crippen LogP contribution in [0.3, 0.4) is 0 Å². The van der Waals surface area contributed by atoms with Gasteiger partial charge in [-0.3, -0.25) is 4.90 Å². The smallest absolute Gasteiger partial charge is 0.363 e. The van der Waals surface area contributed by atoms with Crippen LogP contribution >= 0.6 is 0 Å². The number of rotatable bonds is 4. The average Bonchev–Trinajstić information content (AvgIpc) is 2.62. The summed E-state index contributed by atoms with van der Waals surface area (Å²) < 4.78 is 39.4. The van der Waals surface area contributed by atoms with E-state index in [-0.39, 0.29) is 11.8 Å². The van der Waals surface area contributed by atoms with Gasteiger partial charge in [0, 0.05) is 52.9 Å². The maximum Gasteiger partial charge on any atom is 0.433 e. The molecule has 140 valence electrons. The zero-order chi connectivity index (χ0) is 18.7. The molecule has 26 heavy (non-hydrogen) atoms. The van der Waals surface area contributed by atoms with E-state index in [1.54, 1.807) is 19.0 Å². The largest absolute Gasteiger partial charge is 0.433 e. The predicted molar refractivity (Wildman–Crippen MR) is 95.3 cm³/mol. The number of alkyl halides is 3. The van der Waals surface area contributed by atoms with Crippen molar-refractivity contribution in [2.45, 2.75) is 12.7 Å². The summed E-state index contributed by atoms with van der Waals surface area (Å²) in [7, 11) is 3.34. The molecule has 0 amide bonds. The fraction of sp³-hybridized carbons (Fsp3) is 0.444. The Balaban J connectivity index is 1.71. The van der Waals surface area contributed by atoms with E-state index in [0.717, 1.165) is 25.7 Å². The molecule has 0 bridgehead atoms. The van der Waals surface area contributed by atoms with Crippen molar-refractivity contribution in [1.82, 2.24) is 14.9 Å². The SMILES string of the molecule is CN(C)c1cc(C(F)(F)F)nc(N2CCN(Cc3ccccc3)CC2)n1. The van der Waals surface area contributed by atoms with E-state index in [2.05, 4.69) is 27.0 Å². The average molecular weight is 365 g/mol. The van der Waals surface area contributed by atoms with Crippen LogP contribution < -0.4 is 9.80 Å². The fourth-order valence-corrected chi connectivity index (χ4v) is 2.89. The number of hydrogen-bond acceptors (Lipinski definition) is 5. The van der Waals surface area contributed by atoms with Gasteiger partial charge in [0.1, 0.15) is 5.82 Å². The Bertz CT molecular complexity index is 725. The lowest BCUT2D eigenvalue weighted by Gasteiger charge is -2.35. The van der Waals surface area contributed by atoms with Crippen molar-refractivity contribution < 1.29 is 13.2 Å². The number of anilines is 2. The topological polar surface area (TPSA) is 35.5 Å². The van der Waals surface area contributed by atoms with Gasteiger partial charge in [0.15, 0.2) is 5.69 Å². The molecule has 0 spiro atoms. The van der Waals surface area contributed by atoms with Gasteiger partial charge in [-0.2, -0.15) is 18.2 Å². The van der Waals surface area contributed by atoms with E-state index in [0.29, 0.717) is 13.1 Å². The minimum absolute atomic E-state index is 0.142. The lowest BCUT2D eigenvalue weighted by Crippen LogP contribution is -2.46. The van der Waals surface area contributed by atoms with Gasteiger partial charge in [0.25, 0.3) is 0 Å². The monoisotopic (exact) mass is 365 g/mol.